The van der Waals surface area contributed by atoms with Gasteiger partial charge >= 0.3 is 0 Å². The van der Waals surface area contributed by atoms with Gasteiger partial charge in [-0.25, -0.2) is 4.98 Å². The summed E-state index contributed by atoms with van der Waals surface area (Å²) in [5, 5.41) is 14.9. The number of hydrogen-bond acceptors (Lipinski definition) is 5. The highest BCUT2D eigenvalue weighted by atomic mass is 32.1. The first-order valence-electron chi connectivity index (χ1n) is 6.34. The van der Waals surface area contributed by atoms with Gasteiger partial charge in [-0.05, 0) is 31.0 Å². The molecule has 0 saturated heterocycles. The Morgan fingerprint density at radius 1 is 1.29 bits per heavy atom. The van der Waals surface area contributed by atoms with E-state index in [1.54, 1.807) is 0 Å². The molecule has 7 heteroatoms. The number of rotatable bonds is 3. The zero-order valence-electron chi connectivity index (χ0n) is 11.5. The van der Waals surface area contributed by atoms with E-state index in [2.05, 4.69) is 51.7 Å². The smallest absolute Gasteiger partial charge is 0.279 e. The second-order valence-corrected chi connectivity index (χ2v) is 5.50. The lowest BCUT2D eigenvalue weighted by Gasteiger charge is -2.02. The van der Waals surface area contributed by atoms with Gasteiger partial charge in [-0.1, -0.05) is 12.1 Å². The molecule has 2 aromatic heterocycles. The second kappa shape index (κ2) is 5.45. The van der Waals surface area contributed by atoms with E-state index in [1.165, 1.54) is 28.7 Å². The monoisotopic (exact) mass is 299 g/mol. The average molecular weight is 299 g/mol. The van der Waals surface area contributed by atoms with Gasteiger partial charge in [0.1, 0.15) is 0 Å². The van der Waals surface area contributed by atoms with Gasteiger partial charge in [0.05, 0.1) is 11.9 Å². The molecule has 0 unspecified atom stereocenters. The van der Waals surface area contributed by atoms with Crippen LogP contribution in [-0.4, -0.2) is 26.3 Å². The Morgan fingerprint density at radius 3 is 2.86 bits per heavy atom. The van der Waals surface area contributed by atoms with E-state index in [9.17, 15) is 4.79 Å². The van der Waals surface area contributed by atoms with Gasteiger partial charge in [0.15, 0.2) is 10.8 Å². The molecule has 0 bridgehead atoms. The number of anilines is 1. The molecule has 0 aliphatic carbocycles. The van der Waals surface area contributed by atoms with Gasteiger partial charge < -0.3 is 0 Å². The van der Waals surface area contributed by atoms with Crippen LogP contribution in [0.4, 0.5) is 5.13 Å². The molecule has 21 heavy (non-hydrogen) atoms. The summed E-state index contributed by atoms with van der Waals surface area (Å²) in [4.78, 5) is 16.3. The quantitative estimate of drug-likeness (QED) is 0.779. The Labute approximate surface area is 125 Å². The molecule has 2 N–H and O–H groups in total. The number of nitrogens with zero attached hydrogens (tertiary/aromatic N) is 3. The second-order valence-electron chi connectivity index (χ2n) is 4.65. The Kier molecular flexibility index (Phi) is 3.49. The predicted molar refractivity (Wildman–Crippen MR) is 81.4 cm³/mol. The van der Waals surface area contributed by atoms with Crippen molar-refractivity contribution < 1.29 is 4.79 Å². The lowest BCUT2D eigenvalue weighted by molar-refractivity contribution is 0.102. The number of thiazole rings is 1. The maximum atomic E-state index is 11.9. The summed E-state index contributed by atoms with van der Waals surface area (Å²) < 4.78 is 0. The summed E-state index contributed by atoms with van der Waals surface area (Å²) in [6, 6.07) is 6.19. The van der Waals surface area contributed by atoms with Crippen LogP contribution in [0.2, 0.25) is 0 Å². The maximum absolute atomic E-state index is 11.9. The number of amides is 1. The topological polar surface area (TPSA) is 83.6 Å². The van der Waals surface area contributed by atoms with Crippen LogP contribution in [-0.2, 0) is 0 Å². The van der Waals surface area contributed by atoms with Crippen molar-refractivity contribution in [1.82, 2.24) is 20.4 Å². The van der Waals surface area contributed by atoms with E-state index in [1.807, 2.05) is 11.4 Å². The SMILES string of the molecule is Cc1ccc(-c2csc(NC(=O)c3cn[nH]n3)n2)cc1C. The number of nitrogens with one attached hydrogen (secondary N) is 2. The molecular weight excluding hydrogens is 286 g/mol. The molecule has 0 aliphatic heterocycles. The summed E-state index contributed by atoms with van der Waals surface area (Å²) in [5.41, 5.74) is 4.58. The molecule has 3 rings (SSSR count). The van der Waals surface area contributed by atoms with Crippen molar-refractivity contribution in [3.05, 3.63) is 46.6 Å². The van der Waals surface area contributed by atoms with Gasteiger partial charge in [-0.15, -0.1) is 11.3 Å². The van der Waals surface area contributed by atoms with E-state index < -0.39 is 0 Å². The molecule has 0 atom stereocenters. The molecule has 3 aromatic rings. The molecule has 0 radical (unpaired) electrons. The third kappa shape index (κ3) is 2.82. The van der Waals surface area contributed by atoms with Crippen LogP contribution in [0.1, 0.15) is 21.6 Å². The molecule has 0 spiro atoms. The number of aromatic amines is 1. The van der Waals surface area contributed by atoms with Crippen LogP contribution >= 0.6 is 11.3 Å². The maximum Gasteiger partial charge on any atom is 0.279 e. The summed E-state index contributed by atoms with van der Waals surface area (Å²) in [7, 11) is 0. The number of carbonyl (C=O) groups is 1. The van der Waals surface area contributed by atoms with Crippen LogP contribution in [0, 0.1) is 13.8 Å². The molecule has 0 fully saturated rings. The Bertz CT molecular complexity index is 779. The number of aryl methyl sites for hydroxylation is 2. The Morgan fingerprint density at radius 2 is 2.14 bits per heavy atom. The van der Waals surface area contributed by atoms with E-state index >= 15 is 0 Å². The zero-order valence-corrected chi connectivity index (χ0v) is 12.4. The normalized spacial score (nSPS) is 10.6. The number of benzene rings is 1. The largest absolute Gasteiger partial charge is 0.296 e. The Hall–Kier alpha value is -2.54. The number of carbonyl (C=O) groups excluding carboxylic acids is 1. The molecule has 1 aromatic carbocycles. The fourth-order valence-electron chi connectivity index (χ4n) is 1.84. The average Bonchev–Trinajstić information content (AvgIpc) is 3.12. The number of aromatic nitrogens is 4. The summed E-state index contributed by atoms with van der Waals surface area (Å²) in [5.74, 6) is -0.329. The highest BCUT2D eigenvalue weighted by Crippen LogP contribution is 2.26. The molecule has 0 saturated carbocycles. The minimum atomic E-state index is -0.329. The number of hydrogen-bond donors (Lipinski definition) is 2. The first-order valence-corrected chi connectivity index (χ1v) is 7.22. The van der Waals surface area contributed by atoms with Gasteiger partial charge in [-0.2, -0.15) is 15.4 Å². The van der Waals surface area contributed by atoms with Crippen LogP contribution in [0.5, 0.6) is 0 Å². The van der Waals surface area contributed by atoms with Crippen molar-refractivity contribution in [1.29, 1.82) is 0 Å². The van der Waals surface area contributed by atoms with Crippen molar-refractivity contribution >= 4 is 22.4 Å². The highest BCUT2D eigenvalue weighted by Gasteiger charge is 2.12. The first kappa shape index (κ1) is 13.4. The molecule has 0 aliphatic rings. The molecule has 2 heterocycles. The third-order valence-electron chi connectivity index (χ3n) is 3.17. The van der Waals surface area contributed by atoms with Gasteiger partial charge in [0.2, 0.25) is 0 Å². The minimum Gasteiger partial charge on any atom is -0.296 e. The van der Waals surface area contributed by atoms with Crippen molar-refractivity contribution in [2.75, 3.05) is 5.32 Å². The van der Waals surface area contributed by atoms with E-state index in [4.69, 9.17) is 0 Å². The standard InChI is InChI=1S/C14H13N5OS/c1-8-3-4-10(5-9(8)2)12-7-21-14(16-12)17-13(20)11-6-15-19-18-11/h3-7H,1-2H3,(H,15,18,19)(H,16,17,20). The molecule has 1 amide bonds. The zero-order chi connectivity index (χ0) is 14.8. The summed E-state index contributed by atoms with van der Waals surface area (Å²) in [6.07, 6.45) is 1.37. The number of H-pyrrole nitrogens is 1. The summed E-state index contributed by atoms with van der Waals surface area (Å²) in [6.45, 7) is 4.14. The highest BCUT2D eigenvalue weighted by molar-refractivity contribution is 7.14. The fourth-order valence-corrected chi connectivity index (χ4v) is 2.55. The van der Waals surface area contributed by atoms with Crippen LogP contribution in [0.25, 0.3) is 11.3 Å². The lowest BCUT2D eigenvalue weighted by Crippen LogP contribution is -2.12. The summed E-state index contributed by atoms with van der Waals surface area (Å²) >= 11 is 1.38. The molecular formula is C14H13N5OS. The molecule has 106 valence electrons. The van der Waals surface area contributed by atoms with Crippen molar-refractivity contribution in [3.63, 3.8) is 0 Å². The van der Waals surface area contributed by atoms with Gasteiger partial charge in [0.25, 0.3) is 5.91 Å². The minimum absolute atomic E-state index is 0.234. The van der Waals surface area contributed by atoms with Crippen LogP contribution in [0.15, 0.2) is 29.8 Å². The van der Waals surface area contributed by atoms with E-state index in [0.717, 1.165) is 11.3 Å². The van der Waals surface area contributed by atoms with Crippen molar-refractivity contribution in [3.8, 4) is 11.3 Å². The Balaban J connectivity index is 1.80. The lowest BCUT2D eigenvalue weighted by atomic mass is 10.1. The first-order chi connectivity index (χ1) is 10.1. The molecule has 6 nitrogen and oxygen atoms in total. The van der Waals surface area contributed by atoms with Gasteiger partial charge in [0, 0.05) is 10.9 Å². The van der Waals surface area contributed by atoms with Crippen LogP contribution in [0.3, 0.4) is 0 Å². The van der Waals surface area contributed by atoms with E-state index in [0.29, 0.717) is 5.13 Å². The van der Waals surface area contributed by atoms with E-state index in [-0.39, 0.29) is 11.6 Å². The van der Waals surface area contributed by atoms with Gasteiger partial charge in [-0.3, -0.25) is 10.1 Å². The van der Waals surface area contributed by atoms with Crippen molar-refractivity contribution in [2.24, 2.45) is 0 Å². The predicted octanol–water partition coefficient (Wildman–Crippen LogP) is 2.80. The fraction of sp³-hybridized carbons (Fsp3) is 0.143. The van der Waals surface area contributed by atoms with Crippen molar-refractivity contribution in [2.45, 2.75) is 13.8 Å². The third-order valence-corrected chi connectivity index (χ3v) is 3.93. The van der Waals surface area contributed by atoms with Crippen LogP contribution < -0.4 is 5.32 Å².